The molecule has 0 unspecified atom stereocenters. The van der Waals surface area contributed by atoms with Crippen LogP contribution in [0.25, 0.3) is 0 Å². The molecular weight excluding hydrogens is 292 g/mol. The van der Waals surface area contributed by atoms with Gasteiger partial charge in [-0.15, -0.1) is 0 Å². The van der Waals surface area contributed by atoms with Crippen LogP contribution in [0, 0.1) is 6.92 Å². The second kappa shape index (κ2) is 7.45. The van der Waals surface area contributed by atoms with Gasteiger partial charge in [0.15, 0.2) is 0 Å². The average Bonchev–Trinajstić information content (AvgIpc) is 3.21. The highest BCUT2D eigenvalue weighted by atomic mass is 16.5. The number of nitrogens with zero attached hydrogens (tertiary/aromatic N) is 4. The van der Waals surface area contributed by atoms with Crippen molar-refractivity contribution in [2.24, 2.45) is 0 Å². The molecule has 0 aromatic carbocycles. The van der Waals surface area contributed by atoms with Gasteiger partial charge < -0.3 is 19.3 Å². The van der Waals surface area contributed by atoms with E-state index in [4.69, 9.17) is 14.5 Å². The Labute approximate surface area is 138 Å². The Morgan fingerprint density at radius 3 is 2.22 bits per heavy atom. The molecule has 0 saturated carbocycles. The minimum absolute atomic E-state index is 0.304. The van der Waals surface area contributed by atoms with Gasteiger partial charge in [0.05, 0.1) is 12.2 Å². The lowest BCUT2D eigenvalue weighted by Crippen LogP contribution is -2.32. The van der Waals surface area contributed by atoms with E-state index in [0.717, 1.165) is 69.3 Å². The van der Waals surface area contributed by atoms with Crippen LogP contribution < -0.4 is 9.80 Å². The molecule has 2 fully saturated rings. The number of hydrogen-bond acceptors (Lipinski definition) is 6. The summed E-state index contributed by atoms with van der Waals surface area (Å²) in [6.07, 6.45) is 7.12. The number of ether oxygens (including phenoxy) is 2. The van der Waals surface area contributed by atoms with Crippen LogP contribution in [-0.2, 0) is 9.47 Å². The van der Waals surface area contributed by atoms with Crippen molar-refractivity contribution in [1.82, 2.24) is 9.97 Å². The molecule has 2 atom stereocenters. The smallest absolute Gasteiger partial charge is 0.227 e. The first-order valence-electron chi connectivity index (χ1n) is 8.62. The first-order valence-corrected chi connectivity index (χ1v) is 8.62. The van der Waals surface area contributed by atoms with Gasteiger partial charge in [0, 0.05) is 52.2 Å². The maximum absolute atomic E-state index is 5.74. The van der Waals surface area contributed by atoms with Crippen LogP contribution in [0.2, 0.25) is 0 Å². The summed E-state index contributed by atoms with van der Waals surface area (Å²) in [5, 5.41) is 0. The summed E-state index contributed by atoms with van der Waals surface area (Å²) in [7, 11) is 4.12. The van der Waals surface area contributed by atoms with Crippen LogP contribution in [-0.4, -0.2) is 62.6 Å². The zero-order valence-electron chi connectivity index (χ0n) is 14.5. The molecule has 6 heteroatoms. The summed E-state index contributed by atoms with van der Waals surface area (Å²) >= 11 is 0. The third-order valence-corrected chi connectivity index (χ3v) is 4.64. The van der Waals surface area contributed by atoms with E-state index in [9.17, 15) is 0 Å². The lowest BCUT2D eigenvalue weighted by molar-refractivity contribution is 0.116. The standard InChI is InChI=1S/C17H28N4O2/c1-13-10-18-17(21(3)12-15-7-5-9-23-15)19-16(13)20(2)11-14-6-4-8-22-14/h10,14-15H,4-9,11-12H2,1-3H3/t14-,15-/m1/s1. The number of rotatable bonds is 6. The van der Waals surface area contributed by atoms with Crippen molar-refractivity contribution in [1.29, 1.82) is 0 Å². The van der Waals surface area contributed by atoms with Gasteiger partial charge in [0.1, 0.15) is 5.82 Å². The van der Waals surface area contributed by atoms with E-state index in [1.165, 1.54) is 0 Å². The van der Waals surface area contributed by atoms with Crippen molar-refractivity contribution >= 4 is 11.8 Å². The topological polar surface area (TPSA) is 50.7 Å². The fourth-order valence-electron chi connectivity index (χ4n) is 3.35. The van der Waals surface area contributed by atoms with Crippen molar-refractivity contribution in [3.8, 4) is 0 Å². The van der Waals surface area contributed by atoms with E-state index in [-0.39, 0.29) is 0 Å². The molecule has 6 nitrogen and oxygen atoms in total. The van der Waals surface area contributed by atoms with E-state index < -0.39 is 0 Å². The van der Waals surface area contributed by atoms with Crippen LogP contribution in [0.3, 0.4) is 0 Å². The molecule has 2 aliphatic heterocycles. The first-order chi connectivity index (χ1) is 11.1. The zero-order valence-corrected chi connectivity index (χ0v) is 14.5. The van der Waals surface area contributed by atoms with Crippen molar-refractivity contribution in [3.63, 3.8) is 0 Å². The molecule has 3 rings (SSSR count). The fraction of sp³-hybridized carbons (Fsp3) is 0.765. The van der Waals surface area contributed by atoms with E-state index in [1.807, 2.05) is 13.2 Å². The highest BCUT2D eigenvalue weighted by molar-refractivity contribution is 5.49. The SMILES string of the molecule is Cc1cnc(N(C)C[C@H]2CCCO2)nc1N(C)C[C@H]1CCCO1. The van der Waals surface area contributed by atoms with Gasteiger partial charge in [0.2, 0.25) is 5.95 Å². The summed E-state index contributed by atoms with van der Waals surface area (Å²) in [6, 6.07) is 0. The predicted octanol–water partition coefficient (Wildman–Crippen LogP) is 2.02. The van der Waals surface area contributed by atoms with Gasteiger partial charge in [-0.05, 0) is 32.6 Å². The Morgan fingerprint density at radius 1 is 1.04 bits per heavy atom. The molecule has 0 bridgehead atoms. The second-order valence-corrected chi connectivity index (χ2v) is 6.71. The predicted molar refractivity (Wildman–Crippen MR) is 91.3 cm³/mol. The highest BCUT2D eigenvalue weighted by Gasteiger charge is 2.21. The quantitative estimate of drug-likeness (QED) is 0.799. The fourth-order valence-corrected chi connectivity index (χ4v) is 3.35. The van der Waals surface area contributed by atoms with Crippen LogP contribution in [0.15, 0.2) is 6.20 Å². The average molecular weight is 320 g/mol. The molecule has 1 aromatic rings. The van der Waals surface area contributed by atoms with Gasteiger partial charge in [-0.3, -0.25) is 0 Å². The van der Waals surface area contributed by atoms with E-state index in [0.29, 0.717) is 12.2 Å². The van der Waals surface area contributed by atoms with Gasteiger partial charge >= 0.3 is 0 Å². The molecule has 0 amide bonds. The summed E-state index contributed by atoms with van der Waals surface area (Å²) in [4.78, 5) is 13.6. The molecule has 0 aliphatic carbocycles. The zero-order chi connectivity index (χ0) is 16.2. The molecule has 0 radical (unpaired) electrons. The largest absolute Gasteiger partial charge is 0.376 e. The first kappa shape index (κ1) is 16.5. The van der Waals surface area contributed by atoms with Crippen molar-refractivity contribution < 1.29 is 9.47 Å². The Kier molecular flexibility index (Phi) is 5.33. The van der Waals surface area contributed by atoms with Gasteiger partial charge in [-0.2, -0.15) is 4.98 Å². The van der Waals surface area contributed by atoms with Gasteiger partial charge in [0.25, 0.3) is 0 Å². The Balaban J connectivity index is 1.67. The van der Waals surface area contributed by atoms with E-state index in [1.54, 1.807) is 0 Å². The number of hydrogen-bond donors (Lipinski definition) is 0. The minimum atomic E-state index is 0.304. The lowest BCUT2D eigenvalue weighted by Gasteiger charge is -2.26. The third-order valence-electron chi connectivity index (χ3n) is 4.64. The van der Waals surface area contributed by atoms with Gasteiger partial charge in [-0.25, -0.2) is 4.98 Å². The Morgan fingerprint density at radius 2 is 1.65 bits per heavy atom. The van der Waals surface area contributed by atoms with Crippen LogP contribution in [0.5, 0.6) is 0 Å². The Bertz CT molecular complexity index is 513. The van der Waals surface area contributed by atoms with Crippen LogP contribution in [0.4, 0.5) is 11.8 Å². The highest BCUT2D eigenvalue weighted by Crippen LogP contribution is 2.22. The summed E-state index contributed by atoms with van der Waals surface area (Å²) < 4.78 is 11.5. The maximum atomic E-state index is 5.74. The normalized spacial score (nSPS) is 24.1. The molecule has 3 heterocycles. The van der Waals surface area contributed by atoms with E-state index in [2.05, 4.69) is 28.8 Å². The molecule has 0 spiro atoms. The molecule has 0 N–H and O–H groups in total. The third kappa shape index (κ3) is 4.12. The number of aromatic nitrogens is 2. The maximum Gasteiger partial charge on any atom is 0.227 e. The number of anilines is 2. The molecule has 128 valence electrons. The minimum Gasteiger partial charge on any atom is -0.376 e. The molecule has 23 heavy (non-hydrogen) atoms. The second-order valence-electron chi connectivity index (χ2n) is 6.71. The lowest BCUT2D eigenvalue weighted by atomic mass is 10.2. The monoisotopic (exact) mass is 320 g/mol. The van der Waals surface area contributed by atoms with Crippen LogP contribution in [0.1, 0.15) is 31.2 Å². The molecular formula is C17H28N4O2. The van der Waals surface area contributed by atoms with Gasteiger partial charge in [-0.1, -0.05) is 0 Å². The number of aryl methyl sites for hydroxylation is 1. The molecule has 1 aromatic heterocycles. The van der Waals surface area contributed by atoms with Crippen molar-refractivity contribution in [2.45, 2.75) is 44.8 Å². The molecule has 2 saturated heterocycles. The summed E-state index contributed by atoms with van der Waals surface area (Å²) in [5.74, 6) is 1.75. The van der Waals surface area contributed by atoms with E-state index >= 15 is 0 Å². The summed E-state index contributed by atoms with van der Waals surface area (Å²) in [5.41, 5.74) is 1.10. The van der Waals surface area contributed by atoms with Crippen molar-refractivity contribution in [3.05, 3.63) is 11.8 Å². The van der Waals surface area contributed by atoms with Crippen LogP contribution >= 0.6 is 0 Å². The number of likely N-dealkylation sites (N-methyl/N-ethyl adjacent to an activating group) is 2. The summed E-state index contributed by atoms with van der Waals surface area (Å²) in [6.45, 7) is 5.55. The Hall–Kier alpha value is -1.40. The molecule has 2 aliphatic rings. The van der Waals surface area contributed by atoms with Crippen molar-refractivity contribution in [2.75, 3.05) is 50.2 Å².